The Morgan fingerprint density at radius 1 is 1.17 bits per heavy atom. The molecule has 2 aliphatic rings. The van der Waals surface area contributed by atoms with E-state index in [1.165, 1.54) is 4.90 Å². The Morgan fingerprint density at radius 2 is 1.93 bits per heavy atom. The average Bonchev–Trinajstić information content (AvgIpc) is 3.34. The van der Waals surface area contributed by atoms with Crippen molar-refractivity contribution in [2.45, 2.75) is 38.4 Å². The molecule has 8 nitrogen and oxygen atoms in total. The van der Waals surface area contributed by atoms with E-state index in [0.29, 0.717) is 18.0 Å². The zero-order valence-electron chi connectivity index (χ0n) is 16.6. The summed E-state index contributed by atoms with van der Waals surface area (Å²) in [6.45, 7) is 2.36. The molecule has 1 fully saturated rings. The van der Waals surface area contributed by atoms with Gasteiger partial charge in [-0.2, -0.15) is 0 Å². The van der Waals surface area contributed by atoms with E-state index in [-0.39, 0.29) is 37.5 Å². The third-order valence-corrected chi connectivity index (χ3v) is 5.31. The van der Waals surface area contributed by atoms with Crippen LogP contribution in [-0.2, 0) is 16.1 Å². The van der Waals surface area contributed by atoms with Crippen LogP contribution >= 0.6 is 0 Å². The quantitative estimate of drug-likeness (QED) is 0.685. The van der Waals surface area contributed by atoms with Crippen molar-refractivity contribution in [1.29, 1.82) is 0 Å². The predicted octanol–water partition coefficient (Wildman–Crippen LogP) is 2.49. The SMILES string of the molecule is CC(c1ccccc1)N1C(=O)NC(CCC(=O)NCc2ccc3c(c2)OCO3)C1=O. The number of fused-ring (bicyclic) bond motifs is 1. The second-order valence-electron chi connectivity index (χ2n) is 7.30. The van der Waals surface area contributed by atoms with E-state index in [4.69, 9.17) is 9.47 Å². The molecule has 4 rings (SSSR count). The lowest BCUT2D eigenvalue weighted by molar-refractivity contribution is -0.129. The van der Waals surface area contributed by atoms with Gasteiger partial charge in [0, 0.05) is 13.0 Å². The second kappa shape index (κ2) is 8.44. The van der Waals surface area contributed by atoms with E-state index in [9.17, 15) is 14.4 Å². The maximum absolute atomic E-state index is 12.7. The highest BCUT2D eigenvalue weighted by molar-refractivity contribution is 6.04. The minimum atomic E-state index is -0.694. The topological polar surface area (TPSA) is 97.0 Å². The Balaban J connectivity index is 1.28. The number of rotatable bonds is 7. The summed E-state index contributed by atoms with van der Waals surface area (Å²) in [4.78, 5) is 38.5. The van der Waals surface area contributed by atoms with E-state index >= 15 is 0 Å². The molecule has 1 saturated heterocycles. The lowest BCUT2D eigenvalue weighted by atomic mass is 10.1. The van der Waals surface area contributed by atoms with Gasteiger partial charge in [0.05, 0.1) is 6.04 Å². The highest BCUT2D eigenvalue weighted by Crippen LogP contribution is 2.32. The van der Waals surface area contributed by atoms with Crippen LogP contribution in [0.4, 0.5) is 4.79 Å². The number of urea groups is 1. The Labute approximate surface area is 174 Å². The molecule has 156 valence electrons. The second-order valence-corrected chi connectivity index (χ2v) is 7.30. The monoisotopic (exact) mass is 409 g/mol. The summed E-state index contributed by atoms with van der Waals surface area (Å²) in [5.41, 5.74) is 1.77. The molecule has 0 spiro atoms. The summed E-state index contributed by atoms with van der Waals surface area (Å²) in [5, 5.41) is 5.52. The number of carbonyl (C=O) groups excluding carboxylic acids is 3. The molecule has 0 radical (unpaired) electrons. The maximum atomic E-state index is 12.7. The van der Waals surface area contributed by atoms with Crippen LogP contribution in [-0.4, -0.2) is 35.6 Å². The maximum Gasteiger partial charge on any atom is 0.325 e. The molecular formula is C22H23N3O5. The first-order valence-electron chi connectivity index (χ1n) is 9.86. The molecule has 2 atom stereocenters. The molecule has 0 aromatic heterocycles. The first-order valence-corrected chi connectivity index (χ1v) is 9.86. The Morgan fingerprint density at radius 3 is 2.73 bits per heavy atom. The van der Waals surface area contributed by atoms with E-state index in [2.05, 4.69) is 10.6 Å². The lowest BCUT2D eigenvalue weighted by Gasteiger charge is -2.21. The molecule has 2 aromatic carbocycles. The first kappa shape index (κ1) is 19.8. The van der Waals surface area contributed by atoms with Crippen molar-refractivity contribution in [3.05, 3.63) is 59.7 Å². The molecule has 30 heavy (non-hydrogen) atoms. The predicted molar refractivity (Wildman–Crippen MR) is 108 cm³/mol. The molecule has 8 heteroatoms. The van der Waals surface area contributed by atoms with E-state index in [0.717, 1.165) is 11.1 Å². The summed E-state index contributed by atoms with van der Waals surface area (Å²) in [5.74, 6) is 0.854. The first-order chi connectivity index (χ1) is 14.5. The third kappa shape index (κ3) is 4.07. The molecule has 2 heterocycles. The number of ether oxygens (including phenoxy) is 2. The number of hydrogen-bond donors (Lipinski definition) is 2. The smallest absolute Gasteiger partial charge is 0.325 e. The van der Waals surface area contributed by atoms with E-state index < -0.39 is 12.1 Å². The van der Waals surface area contributed by atoms with Gasteiger partial charge in [-0.3, -0.25) is 14.5 Å². The number of imide groups is 1. The number of carbonyl (C=O) groups is 3. The van der Waals surface area contributed by atoms with Gasteiger partial charge in [0.1, 0.15) is 6.04 Å². The largest absolute Gasteiger partial charge is 0.454 e. The van der Waals surface area contributed by atoms with E-state index in [1.807, 2.05) is 49.4 Å². The molecule has 2 N–H and O–H groups in total. The van der Waals surface area contributed by atoms with Crippen molar-refractivity contribution in [2.75, 3.05) is 6.79 Å². The number of benzene rings is 2. The number of amides is 4. The standard InChI is InChI=1S/C22H23N3O5/c1-14(16-5-3-2-4-6-16)25-21(27)17(24-22(25)28)8-10-20(26)23-12-15-7-9-18-19(11-15)30-13-29-18/h2-7,9,11,14,17H,8,10,12-13H2,1H3,(H,23,26)(H,24,28). The summed E-state index contributed by atoms with van der Waals surface area (Å²) in [7, 11) is 0. The molecule has 0 aliphatic carbocycles. The summed E-state index contributed by atoms with van der Waals surface area (Å²) in [6, 6.07) is 13.4. The Hall–Kier alpha value is -3.55. The van der Waals surface area contributed by atoms with Gasteiger partial charge in [0.15, 0.2) is 11.5 Å². The van der Waals surface area contributed by atoms with Gasteiger partial charge < -0.3 is 20.1 Å². The summed E-state index contributed by atoms with van der Waals surface area (Å²) in [6.07, 6.45) is 0.379. The van der Waals surface area contributed by atoms with Gasteiger partial charge in [-0.25, -0.2) is 4.79 Å². The molecule has 2 aromatic rings. The summed E-state index contributed by atoms with van der Waals surface area (Å²) >= 11 is 0. The average molecular weight is 409 g/mol. The normalized spacial score (nSPS) is 18.3. The van der Waals surface area contributed by atoms with Crippen molar-refractivity contribution in [1.82, 2.24) is 15.5 Å². The molecule has 0 bridgehead atoms. The highest BCUT2D eigenvalue weighted by Gasteiger charge is 2.40. The lowest BCUT2D eigenvalue weighted by Crippen LogP contribution is -2.34. The van der Waals surface area contributed by atoms with Crippen molar-refractivity contribution >= 4 is 17.8 Å². The van der Waals surface area contributed by atoms with Gasteiger partial charge in [-0.15, -0.1) is 0 Å². The fraction of sp³-hybridized carbons (Fsp3) is 0.318. The van der Waals surface area contributed by atoms with Crippen molar-refractivity contribution in [2.24, 2.45) is 0 Å². The minimum Gasteiger partial charge on any atom is -0.454 e. The van der Waals surface area contributed by atoms with Crippen LogP contribution in [0.5, 0.6) is 11.5 Å². The molecular weight excluding hydrogens is 386 g/mol. The fourth-order valence-corrected chi connectivity index (χ4v) is 3.61. The van der Waals surface area contributed by atoms with Crippen molar-refractivity contribution in [3.63, 3.8) is 0 Å². The zero-order valence-corrected chi connectivity index (χ0v) is 16.6. The van der Waals surface area contributed by atoms with Crippen LogP contribution in [0.2, 0.25) is 0 Å². The molecule has 4 amide bonds. The highest BCUT2D eigenvalue weighted by atomic mass is 16.7. The molecule has 2 unspecified atom stereocenters. The molecule has 0 saturated carbocycles. The minimum absolute atomic E-state index is 0.134. The van der Waals surface area contributed by atoms with Crippen LogP contribution in [0.15, 0.2) is 48.5 Å². The van der Waals surface area contributed by atoms with Crippen molar-refractivity contribution in [3.8, 4) is 11.5 Å². The van der Waals surface area contributed by atoms with Crippen LogP contribution < -0.4 is 20.1 Å². The van der Waals surface area contributed by atoms with Gasteiger partial charge in [0.25, 0.3) is 5.91 Å². The van der Waals surface area contributed by atoms with Crippen LogP contribution in [0.3, 0.4) is 0 Å². The zero-order chi connectivity index (χ0) is 21.1. The number of nitrogens with one attached hydrogen (secondary N) is 2. The number of hydrogen-bond acceptors (Lipinski definition) is 5. The molecule has 2 aliphatic heterocycles. The van der Waals surface area contributed by atoms with Crippen molar-refractivity contribution < 1.29 is 23.9 Å². The van der Waals surface area contributed by atoms with Gasteiger partial charge in [0.2, 0.25) is 12.7 Å². The number of nitrogens with zero attached hydrogens (tertiary/aromatic N) is 1. The van der Waals surface area contributed by atoms with E-state index in [1.54, 1.807) is 6.07 Å². The van der Waals surface area contributed by atoms with Gasteiger partial charge in [-0.1, -0.05) is 36.4 Å². The Bertz CT molecular complexity index is 963. The third-order valence-electron chi connectivity index (χ3n) is 5.31. The summed E-state index contributed by atoms with van der Waals surface area (Å²) < 4.78 is 10.6. The van der Waals surface area contributed by atoms with Gasteiger partial charge in [-0.05, 0) is 36.6 Å². The van der Waals surface area contributed by atoms with Crippen LogP contribution in [0.25, 0.3) is 0 Å². The Kier molecular flexibility index (Phi) is 5.56. The fourth-order valence-electron chi connectivity index (χ4n) is 3.61. The van der Waals surface area contributed by atoms with Crippen LogP contribution in [0.1, 0.15) is 36.9 Å². The van der Waals surface area contributed by atoms with Crippen LogP contribution in [0, 0.1) is 0 Å². The van der Waals surface area contributed by atoms with Gasteiger partial charge >= 0.3 is 6.03 Å².